The number of nitrogens with two attached hydrogens (primary N) is 1. The van der Waals surface area contributed by atoms with Crippen molar-refractivity contribution >= 4 is 35.4 Å². The first-order valence-corrected chi connectivity index (χ1v) is 12.2. The lowest BCUT2D eigenvalue weighted by Crippen LogP contribution is -2.27. The van der Waals surface area contributed by atoms with Crippen LogP contribution in [0.2, 0.25) is 0 Å². The molecule has 4 rings (SSSR count). The highest BCUT2D eigenvalue weighted by molar-refractivity contribution is 6.11. The summed E-state index contributed by atoms with van der Waals surface area (Å²) in [5.41, 5.74) is 7.84. The number of carbonyl (C=O) groups excluding carboxylic acids is 3. The van der Waals surface area contributed by atoms with E-state index in [2.05, 4.69) is 22.2 Å². The Hall–Kier alpha value is -4.99. The van der Waals surface area contributed by atoms with E-state index >= 15 is 0 Å². The number of carbonyl (C=O) groups is 3. The molecule has 1 heterocycles. The van der Waals surface area contributed by atoms with Crippen molar-refractivity contribution in [3.05, 3.63) is 83.2 Å². The minimum Gasteiger partial charge on any atom is -0.496 e. The minimum absolute atomic E-state index is 0.0611. The monoisotopic (exact) mass is 527 g/mol. The van der Waals surface area contributed by atoms with Gasteiger partial charge >= 0.3 is 5.97 Å². The van der Waals surface area contributed by atoms with Gasteiger partial charge in [-0.3, -0.25) is 15.0 Å². The van der Waals surface area contributed by atoms with Crippen molar-refractivity contribution < 1.29 is 23.9 Å². The second-order valence-electron chi connectivity index (χ2n) is 9.03. The number of ether oxygens (including phenoxy) is 2. The average molecular weight is 528 g/mol. The highest BCUT2D eigenvalue weighted by atomic mass is 16.5. The lowest BCUT2D eigenvalue weighted by atomic mass is 9.94. The van der Waals surface area contributed by atoms with Crippen molar-refractivity contribution in [2.75, 3.05) is 26.1 Å². The van der Waals surface area contributed by atoms with Crippen LogP contribution in [-0.4, -0.2) is 49.4 Å². The van der Waals surface area contributed by atoms with E-state index in [0.717, 1.165) is 12.8 Å². The molecular weight excluding hydrogens is 498 g/mol. The van der Waals surface area contributed by atoms with Crippen LogP contribution in [-0.2, 0) is 4.74 Å². The van der Waals surface area contributed by atoms with Crippen LogP contribution >= 0.6 is 0 Å². The molecular formula is C29H29N5O5. The molecule has 0 saturated heterocycles. The molecule has 1 aliphatic carbocycles. The molecule has 1 aliphatic rings. The second kappa shape index (κ2) is 11.6. The Bertz CT molecular complexity index is 1460. The molecule has 2 aromatic carbocycles. The van der Waals surface area contributed by atoms with Crippen LogP contribution in [0.4, 0.5) is 5.69 Å². The topological polar surface area (TPSA) is 156 Å². The van der Waals surface area contributed by atoms with Crippen LogP contribution in [0.15, 0.2) is 55.1 Å². The maximum Gasteiger partial charge on any atom is 0.357 e. The molecule has 0 spiro atoms. The fourth-order valence-corrected chi connectivity index (χ4v) is 3.98. The molecule has 0 unspecified atom stereocenters. The number of nitrogens with one attached hydrogen (secondary N) is 3. The molecule has 2 amide bonds. The lowest BCUT2D eigenvalue weighted by Gasteiger charge is -2.17. The van der Waals surface area contributed by atoms with Crippen LogP contribution < -0.4 is 21.1 Å². The minimum atomic E-state index is -0.764. The SMILES string of the molecule is C=Cc1cc(C(=O)Nc2ccc(C(=N)N)cc2)c(-c2ccc(C(=O)NCC3CC3)nc2C(=O)OC)cc1OC. The number of benzene rings is 2. The summed E-state index contributed by atoms with van der Waals surface area (Å²) in [4.78, 5) is 43.3. The van der Waals surface area contributed by atoms with Crippen LogP contribution in [0.25, 0.3) is 17.2 Å². The number of aromatic nitrogens is 1. The van der Waals surface area contributed by atoms with Gasteiger partial charge in [0.25, 0.3) is 11.8 Å². The Morgan fingerprint density at radius 1 is 1.08 bits per heavy atom. The van der Waals surface area contributed by atoms with Crippen LogP contribution in [0.3, 0.4) is 0 Å². The van der Waals surface area contributed by atoms with Gasteiger partial charge in [-0.15, -0.1) is 0 Å². The van der Waals surface area contributed by atoms with Crippen molar-refractivity contribution in [1.82, 2.24) is 10.3 Å². The van der Waals surface area contributed by atoms with E-state index in [1.165, 1.54) is 20.3 Å². The molecule has 0 radical (unpaired) electrons. The first-order valence-electron chi connectivity index (χ1n) is 12.2. The average Bonchev–Trinajstić information content (AvgIpc) is 3.79. The van der Waals surface area contributed by atoms with Gasteiger partial charge in [0.1, 0.15) is 17.3 Å². The highest BCUT2D eigenvalue weighted by Crippen LogP contribution is 2.34. The number of rotatable bonds is 10. The third kappa shape index (κ3) is 6.12. The van der Waals surface area contributed by atoms with Gasteiger partial charge in [-0.05, 0) is 67.3 Å². The number of amidine groups is 1. The van der Waals surface area contributed by atoms with Gasteiger partial charge in [-0.1, -0.05) is 12.7 Å². The molecule has 0 aliphatic heterocycles. The maximum atomic E-state index is 13.5. The van der Waals surface area contributed by atoms with Gasteiger partial charge in [-0.25, -0.2) is 9.78 Å². The van der Waals surface area contributed by atoms with Gasteiger partial charge in [0, 0.05) is 40.0 Å². The number of hydrogen-bond acceptors (Lipinski definition) is 7. The van der Waals surface area contributed by atoms with Gasteiger partial charge in [0.05, 0.1) is 14.2 Å². The molecule has 0 atom stereocenters. The Morgan fingerprint density at radius 3 is 2.38 bits per heavy atom. The first-order chi connectivity index (χ1) is 18.7. The third-order valence-corrected chi connectivity index (χ3v) is 6.33. The summed E-state index contributed by atoms with van der Waals surface area (Å²) in [6.07, 6.45) is 3.70. The molecule has 39 heavy (non-hydrogen) atoms. The zero-order valence-electron chi connectivity index (χ0n) is 21.7. The lowest BCUT2D eigenvalue weighted by molar-refractivity contribution is 0.0594. The van der Waals surface area contributed by atoms with Gasteiger partial charge in [-0.2, -0.15) is 0 Å². The molecule has 1 aromatic heterocycles. The van der Waals surface area contributed by atoms with Gasteiger partial charge in [0.15, 0.2) is 5.69 Å². The van der Waals surface area contributed by atoms with E-state index in [4.69, 9.17) is 20.6 Å². The van der Waals surface area contributed by atoms with Crippen LogP contribution in [0, 0.1) is 11.3 Å². The number of hydrogen-bond donors (Lipinski definition) is 4. The van der Waals surface area contributed by atoms with Crippen molar-refractivity contribution in [3.63, 3.8) is 0 Å². The number of nitrogens with zero attached hydrogens (tertiary/aromatic N) is 1. The van der Waals surface area contributed by atoms with Crippen molar-refractivity contribution in [1.29, 1.82) is 5.41 Å². The number of nitrogen functional groups attached to an aromatic ring is 1. The number of anilines is 1. The summed E-state index contributed by atoms with van der Waals surface area (Å²) in [6, 6.07) is 12.8. The predicted octanol–water partition coefficient (Wildman–Crippen LogP) is 3.86. The smallest absolute Gasteiger partial charge is 0.357 e. The molecule has 10 heteroatoms. The maximum absolute atomic E-state index is 13.5. The fourth-order valence-electron chi connectivity index (χ4n) is 3.98. The molecule has 10 nitrogen and oxygen atoms in total. The molecule has 0 bridgehead atoms. The van der Waals surface area contributed by atoms with E-state index in [1.54, 1.807) is 48.5 Å². The number of pyridine rings is 1. The van der Waals surface area contributed by atoms with E-state index < -0.39 is 17.8 Å². The normalized spacial score (nSPS) is 12.3. The molecule has 1 fully saturated rings. The quantitative estimate of drug-likeness (QED) is 0.177. The molecule has 1 saturated carbocycles. The zero-order chi connectivity index (χ0) is 28.1. The standard InChI is InChI=1S/C29H29N5O5/c1-4-17-13-22(27(35)33-19-9-7-18(8-10-19)26(30)31)21(14-24(17)38-2)20-11-12-23(34-25(20)29(37)39-3)28(36)32-15-16-5-6-16/h4,7-14,16H,1,5-6,15H2,2-3H3,(H3,30,31)(H,32,36)(H,33,35). The largest absolute Gasteiger partial charge is 0.496 e. The summed E-state index contributed by atoms with van der Waals surface area (Å²) in [5.74, 6) is -0.833. The summed E-state index contributed by atoms with van der Waals surface area (Å²) in [6.45, 7) is 4.35. The summed E-state index contributed by atoms with van der Waals surface area (Å²) < 4.78 is 10.5. The fraction of sp³-hybridized carbons (Fsp3) is 0.207. The van der Waals surface area contributed by atoms with E-state index in [1.807, 2.05) is 0 Å². The van der Waals surface area contributed by atoms with E-state index in [9.17, 15) is 14.4 Å². The Labute approximate surface area is 225 Å². The molecule has 200 valence electrons. The Balaban J connectivity index is 1.78. The highest BCUT2D eigenvalue weighted by Gasteiger charge is 2.26. The van der Waals surface area contributed by atoms with Crippen molar-refractivity contribution in [2.45, 2.75) is 12.8 Å². The number of methoxy groups -OCH3 is 2. The summed E-state index contributed by atoms with van der Waals surface area (Å²) in [5, 5.41) is 13.2. The zero-order valence-corrected chi connectivity index (χ0v) is 21.7. The third-order valence-electron chi connectivity index (χ3n) is 6.33. The van der Waals surface area contributed by atoms with Crippen molar-refractivity contribution in [3.8, 4) is 16.9 Å². The number of amides is 2. The van der Waals surface area contributed by atoms with Crippen LogP contribution in [0.5, 0.6) is 5.75 Å². The predicted molar refractivity (Wildman–Crippen MR) is 148 cm³/mol. The van der Waals surface area contributed by atoms with Gasteiger partial charge in [0.2, 0.25) is 0 Å². The number of esters is 1. The second-order valence-corrected chi connectivity index (χ2v) is 9.03. The Morgan fingerprint density at radius 2 is 1.79 bits per heavy atom. The molecule has 3 aromatic rings. The van der Waals surface area contributed by atoms with Crippen molar-refractivity contribution in [2.24, 2.45) is 11.7 Å². The summed E-state index contributed by atoms with van der Waals surface area (Å²) in [7, 11) is 2.70. The van der Waals surface area contributed by atoms with E-state index in [-0.39, 0.29) is 28.4 Å². The molecule has 5 N–H and O–H groups in total. The van der Waals surface area contributed by atoms with Gasteiger partial charge < -0.3 is 25.8 Å². The van der Waals surface area contributed by atoms with E-state index in [0.29, 0.717) is 40.6 Å². The Kier molecular flexibility index (Phi) is 8.04. The summed E-state index contributed by atoms with van der Waals surface area (Å²) >= 11 is 0. The van der Waals surface area contributed by atoms with Crippen LogP contribution in [0.1, 0.15) is 55.3 Å². The first kappa shape index (κ1) is 27.1.